The molecule has 0 fully saturated rings. The summed E-state index contributed by atoms with van der Waals surface area (Å²) in [7, 11) is 0. The predicted octanol–water partition coefficient (Wildman–Crippen LogP) is 7.11. The highest BCUT2D eigenvalue weighted by molar-refractivity contribution is 6.11. The summed E-state index contributed by atoms with van der Waals surface area (Å²) in [6.07, 6.45) is 4.58. The van der Waals surface area contributed by atoms with Gasteiger partial charge in [-0.2, -0.15) is 0 Å². The van der Waals surface area contributed by atoms with Crippen LogP contribution in [0.3, 0.4) is 0 Å². The number of hydrogen-bond donors (Lipinski definition) is 4. The second-order valence-corrected chi connectivity index (χ2v) is 10.2. The van der Waals surface area contributed by atoms with Gasteiger partial charge < -0.3 is 25.3 Å². The molecule has 42 heavy (non-hydrogen) atoms. The summed E-state index contributed by atoms with van der Waals surface area (Å²) in [6.45, 7) is 0.533. The molecule has 0 bridgehead atoms. The third-order valence-corrected chi connectivity index (χ3v) is 7.24. The van der Waals surface area contributed by atoms with Crippen LogP contribution in [0.15, 0.2) is 89.7 Å². The van der Waals surface area contributed by atoms with E-state index in [1.807, 2.05) is 48.5 Å². The molecule has 0 spiro atoms. The molecule has 0 radical (unpaired) electrons. The van der Waals surface area contributed by atoms with Crippen LogP contribution in [0.1, 0.15) is 48.9 Å². The van der Waals surface area contributed by atoms with E-state index in [0.29, 0.717) is 35.4 Å². The fourth-order valence-corrected chi connectivity index (χ4v) is 5.12. The number of carboxylic acids is 1. The molecule has 0 atom stereocenters. The normalized spacial score (nSPS) is 11.0. The Morgan fingerprint density at radius 1 is 0.762 bits per heavy atom. The summed E-state index contributed by atoms with van der Waals surface area (Å²) >= 11 is 0. The van der Waals surface area contributed by atoms with Gasteiger partial charge in [0.1, 0.15) is 17.1 Å². The van der Waals surface area contributed by atoms with Gasteiger partial charge in [0.05, 0.1) is 12.1 Å². The van der Waals surface area contributed by atoms with Gasteiger partial charge in [0.25, 0.3) is 11.5 Å². The Bertz CT molecular complexity index is 1790. The summed E-state index contributed by atoms with van der Waals surface area (Å²) in [5, 5.41) is 24.9. The molecule has 1 aromatic heterocycles. The number of para-hydroxylation sites is 1. The lowest BCUT2D eigenvalue weighted by Gasteiger charge is -2.13. The molecule has 4 N–H and O–H groups in total. The first kappa shape index (κ1) is 28.4. The first-order valence-electron chi connectivity index (χ1n) is 14.0. The van der Waals surface area contributed by atoms with Gasteiger partial charge in [0, 0.05) is 23.1 Å². The minimum atomic E-state index is -0.759. The molecule has 0 aliphatic carbocycles. The zero-order chi connectivity index (χ0) is 29.5. The molecule has 0 unspecified atom stereocenters. The van der Waals surface area contributed by atoms with Crippen LogP contribution in [0.4, 0.5) is 5.69 Å². The molecule has 8 heteroatoms. The Hall–Kier alpha value is -5.11. The van der Waals surface area contributed by atoms with Crippen molar-refractivity contribution in [3.8, 4) is 22.6 Å². The number of benzene rings is 4. The smallest absolute Gasteiger partial charge is 0.303 e. The Balaban J connectivity index is 1.27. The number of carbonyl (C=O) groups is 2. The Morgan fingerprint density at radius 3 is 2.24 bits per heavy atom. The summed E-state index contributed by atoms with van der Waals surface area (Å²) in [5.41, 5.74) is 1.51. The molecule has 5 aromatic rings. The van der Waals surface area contributed by atoms with Crippen LogP contribution in [-0.2, 0) is 4.79 Å². The molecule has 0 aliphatic heterocycles. The van der Waals surface area contributed by atoms with Crippen molar-refractivity contribution in [2.24, 2.45) is 0 Å². The van der Waals surface area contributed by atoms with Crippen LogP contribution in [0.2, 0.25) is 0 Å². The first-order chi connectivity index (χ1) is 20.4. The Kier molecular flexibility index (Phi) is 8.82. The molecule has 0 saturated carbocycles. The highest BCUT2D eigenvalue weighted by Gasteiger charge is 2.21. The van der Waals surface area contributed by atoms with Gasteiger partial charge in [-0.05, 0) is 59.5 Å². The number of fused-ring (bicyclic) bond motifs is 2. The van der Waals surface area contributed by atoms with E-state index in [9.17, 15) is 19.5 Å². The van der Waals surface area contributed by atoms with Gasteiger partial charge in [-0.3, -0.25) is 14.4 Å². The maximum Gasteiger partial charge on any atom is 0.303 e. The average molecular weight is 565 g/mol. The van der Waals surface area contributed by atoms with Crippen LogP contribution in [-0.4, -0.2) is 33.7 Å². The van der Waals surface area contributed by atoms with Gasteiger partial charge in [0.15, 0.2) is 0 Å². The molecule has 0 aliphatic rings. The Labute approximate surface area is 242 Å². The van der Waals surface area contributed by atoms with E-state index >= 15 is 0 Å². The summed E-state index contributed by atoms with van der Waals surface area (Å²) < 4.78 is 5.75. The van der Waals surface area contributed by atoms with E-state index in [1.165, 1.54) is 0 Å². The second-order valence-electron chi connectivity index (χ2n) is 10.2. The lowest BCUT2D eigenvalue weighted by molar-refractivity contribution is -0.137. The molecular formula is C34H32N2O6. The van der Waals surface area contributed by atoms with Crippen LogP contribution in [0.25, 0.3) is 32.8 Å². The third-order valence-electron chi connectivity index (χ3n) is 7.24. The Morgan fingerprint density at radius 2 is 1.43 bits per heavy atom. The number of aromatic nitrogens is 1. The van der Waals surface area contributed by atoms with Gasteiger partial charge in [0.2, 0.25) is 0 Å². The van der Waals surface area contributed by atoms with E-state index in [2.05, 4.69) is 10.3 Å². The van der Waals surface area contributed by atoms with Crippen molar-refractivity contribution in [1.29, 1.82) is 0 Å². The van der Waals surface area contributed by atoms with Crippen molar-refractivity contribution in [2.45, 2.75) is 38.5 Å². The first-order valence-corrected chi connectivity index (χ1v) is 14.0. The van der Waals surface area contributed by atoms with Crippen molar-refractivity contribution < 1.29 is 24.5 Å². The fraction of sp³-hybridized carbons (Fsp3) is 0.206. The number of aromatic amines is 1. The van der Waals surface area contributed by atoms with Gasteiger partial charge in [-0.1, -0.05) is 73.9 Å². The summed E-state index contributed by atoms with van der Waals surface area (Å²) in [4.78, 5) is 39.6. The zero-order valence-corrected chi connectivity index (χ0v) is 23.1. The van der Waals surface area contributed by atoms with E-state index in [0.717, 1.165) is 47.6 Å². The number of nitrogens with one attached hydrogen (secondary N) is 2. The number of aliphatic carboxylic acids is 1. The van der Waals surface area contributed by atoms with E-state index in [-0.39, 0.29) is 17.7 Å². The molecule has 1 amide bonds. The lowest BCUT2D eigenvalue weighted by atomic mass is 9.95. The SMILES string of the molecule is O=C(O)CCCCCCCOc1ccc(NC(=O)c2c(O)c3cccc(-c4cccc5ccccc45)c3[nH]c2=O)cc1. The van der Waals surface area contributed by atoms with Gasteiger partial charge in [-0.15, -0.1) is 0 Å². The number of rotatable bonds is 12. The number of amides is 1. The van der Waals surface area contributed by atoms with Crippen molar-refractivity contribution in [2.75, 3.05) is 11.9 Å². The number of ether oxygens (including phenoxy) is 1. The number of anilines is 1. The molecule has 4 aromatic carbocycles. The fourth-order valence-electron chi connectivity index (χ4n) is 5.12. The summed E-state index contributed by atoms with van der Waals surface area (Å²) in [6, 6.07) is 26.0. The number of unbranched alkanes of at least 4 members (excludes halogenated alkanes) is 4. The van der Waals surface area contributed by atoms with Gasteiger partial charge in [-0.25, -0.2) is 0 Å². The van der Waals surface area contributed by atoms with E-state index in [1.54, 1.807) is 36.4 Å². The quantitative estimate of drug-likeness (QED) is 0.120. The highest BCUT2D eigenvalue weighted by atomic mass is 16.5. The topological polar surface area (TPSA) is 129 Å². The third kappa shape index (κ3) is 6.44. The maximum absolute atomic E-state index is 13.1. The minimum absolute atomic E-state index is 0.209. The molecule has 5 rings (SSSR count). The molecule has 8 nitrogen and oxygen atoms in total. The van der Waals surface area contributed by atoms with Crippen molar-refractivity contribution in [3.63, 3.8) is 0 Å². The maximum atomic E-state index is 13.1. The lowest BCUT2D eigenvalue weighted by Crippen LogP contribution is -2.23. The molecule has 0 saturated heterocycles. The van der Waals surface area contributed by atoms with E-state index in [4.69, 9.17) is 9.84 Å². The minimum Gasteiger partial charge on any atom is -0.506 e. The molecular weight excluding hydrogens is 532 g/mol. The number of carboxylic acid groups (broad SMARTS) is 1. The number of H-pyrrole nitrogens is 1. The van der Waals surface area contributed by atoms with Crippen LogP contribution in [0, 0.1) is 0 Å². The highest BCUT2D eigenvalue weighted by Crippen LogP contribution is 2.36. The summed E-state index contributed by atoms with van der Waals surface area (Å²) in [5.74, 6) is -1.21. The standard InChI is InChI=1S/C34H32N2O6/c37-29(38)16-4-2-1-3-7-21-42-24-19-17-23(18-20-24)35-33(40)30-32(39)28-15-9-14-27(31(28)36-34(30)41)26-13-8-11-22-10-5-6-12-25(22)26/h5-6,8-15,17-20H,1-4,7,16,21H2,(H,35,40)(H,37,38)(H2,36,39,41). The van der Waals surface area contributed by atoms with Gasteiger partial charge >= 0.3 is 5.97 Å². The van der Waals surface area contributed by atoms with E-state index < -0.39 is 17.4 Å². The largest absolute Gasteiger partial charge is 0.506 e. The predicted molar refractivity (Wildman–Crippen MR) is 164 cm³/mol. The zero-order valence-electron chi connectivity index (χ0n) is 23.1. The number of hydrogen-bond acceptors (Lipinski definition) is 5. The van der Waals surface area contributed by atoms with Crippen molar-refractivity contribution in [3.05, 3.63) is 101 Å². The molecule has 214 valence electrons. The van der Waals surface area contributed by atoms with Crippen LogP contribution in [0.5, 0.6) is 11.5 Å². The molecule has 1 heterocycles. The monoisotopic (exact) mass is 564 g/mol. The number of pyridine rings is 1. The number of aromatic hydroxyl groups is 1. The number of carbonyl (C=O) groups excluding carboxylic acids is 1. The van der Waals surface area contributed by atoms with Crippen LogP contribution >= 0.6 is 0 Å². The van der Waals surface area contributed by atoms with Crippen molar-refractivity contribution >= 4 is 39.2 Å². The average Bonchev–Trinajstić information content (AvgIpc) is 2.98. The second kappa shape index (κ2) is 13.0. The van der Waals surface area contributed by atoms with Crippen molar-refractivity contribution in [1.82, 2.24) is 4.98 Å². The van der Waals surface area contributed by atoms with Crippen LogP contribution < -0.4 is 15.6 Å².